The largest absolute Gasteiger partial charge is 0.311 e. The fourth-order valence-electron chi connectivity index (χ4n) is 2.33. The zero-order valence-corrected chi connectivity index (χ0v) is 13.8. The highest BCUT2D eigenvalue weighted by Gasteiger charge is 2.32. The van der Waals surface area contributed by atoms with Gasteiger partial charge in [0.25, 0.3) is 0 Å². The van der Waals surface area contributed by atoms with Gasteiger partial charge in [0.1, 0.15) is 0 Å². The van der Waals surface area contributed by atoms with Crippen LogP contribution in [0.2, 0.25) is 0 Å². The molecule has 1 aliphatic rings. The molecule has 1 aromatic carbocycles. The predicted molar refractivity (Wildman–Crippen MR) is 83.3 cm³/mol. The highest BCUT2D eigenvalue weighted by atomic mass is 32.2. The number of aryl methyl sites for hydroxylation is 1. The lowest BCUT2D eigenvalue weighted by Crippen LogP contribution is -2.26. The molecule has 1 fully saturated rings. The van der Waals surface area contributed by atoms with Crippen molar-refractivity contribution in [3.05, 3.63) is 23.8 Å². The van der Waals surface area contributed by atoms with Crippen molar-refractivity contribution in [2.75, 3.05) is 17.7 Å². The van der Waals surface area contributed by atoms with Crippen molar-refractivity contribution in [2.24, 2.45) is 0 Å². The lowest BCUT2D eigenvalue weighted by Gasteiger charge is -2.19. The van der Waals surface area contributed by atoms with Crippen LogP contribution in [0.4, 0.5) is 5.69 Å². The van der Waals surface area contributed by atoms with Gasteiger partial charge in [0.05, 0.1) is 4.90 Å². The number of nitrogens with zero attached hydrogens (tertiary/aromatic N) is 1. The van der Waals surface area contributed by atoms with Crippen molar-refractivity contribution in [1.29, 1.82) is 0 Å². The summed E-state index contributed by atoms with van der Waals surface area (Å²) < 4.78 is 23.3. The van der Waals surface area contributed by atoms with E-state index < -0.39 is 9.84 Å². The Morgan fingerprint density at radius 1 is 1.38 bits per heavy atom. The molecule has 5 nitrogen and oxygen atoms in total. The number of amides is 1. The average molecular weight is 327 g/mol. The van der Waals surface area contributed by atoms with Gasteiger partial charge in [-0.15, -0.1) is 0 Å². The van der Waals surface area contributed by atoms with Gasteiger partial charge in [0, 0.05) is 37.1 Å². The first kappa shape index (κ1) is 16.0. The Balaban J connectivity index is 2.34. The predicted octanol–water partition coefficient (Wildman–Crippen LogP) is 1.78. The van der Waals surface area contributed by atoms with Gasteiger partial charge >= 0.3 is 0 Å². The summed E-state index contributed by atoms with van der Waals surface area (Å²) in [6.07, 6.45) is 1.44. The lowest BCUT2D eigenvalue weighted by molar-refractivity contribution is -0.117. The van der Waals surface area contributed by atoms with Crippen LogP contribution in [0.25, 0.3) is 0 Å². The Bertz CT molecular complexity index is 697. The van der Waals surface area contributed by atoms with Gasteiger partial charge in [-0.05, 0) is 24.6 Å². The molecule has 21 heavy (non-hydrogen) atoms. The van der Waals surface area contributed by atoms with Crippen LogP contribution in [-0.4, -0.2) is 37.5 Å². The zero-order valence-electron chi connectivity index (χ0n) is 12.1. The Hall–Kier alpha value is -1.34. The molecule has 1 amide bonds. The van der Waals surface area contributed by atoms with Gasteiger partial charge in [0.2, 0.25) is 5.91 Å². The molecular formula is C14H17NO4S2. The van der Waals surface area contributed by atoms with Crippen LogP contribution in [0.3, 0.4) is 0 Å². The fourth-order valence-corrected chi connectivity index (χ4v) is 3.89. The van der Waals surface area contributed by atoms with Crippen molar-refractivity contribution >= 4 is 38.3 Å². The number of hydrogen-bond acceptors (Lipinski definition) is 5. The number of benzene rings is 1. The third-order valence-electron chi connectivity index (χ3n) is 3.32. The summed E-state index contributed by atoms with van der Waals surface area (Å²) in [6.45, 7) is 3.74. The first-order valence-electron chi connectivity index (χ1n) is 6.47. The number of hydrogen-bond donors (Lipinski definition) is 0. The fraction of sp³-hybridized carbons (Fsp3) is 0.429. The summed E-state index contributed by atoms with van der Waals surface area (Å²) in [5, 5.41) is -0.0902. The number of carbonyl (C=O) groups excluding carboxylic acids is 2. The van der Waals surface area contributed by atoms with E-state index in [4.69, 9.17) is 0 Å². The zero-order chi connectivity index (χ0) is 15.8. The number of anilines is 1. The third-order valence-corrected chi connectivity index (χ3v) is 5.41. The molecule has 0 radical (unpaired) electrons. The summed E-state index contributed by atoms with van der Waals surface area (Å²) in [4.78, 5) is 25.1. The number of sulfone groups is 1. The Morgan fingerprint density at radius 3 is 2.62 bits per heavy atom. The van der Waals surface area contributed by atoms with Crippen LogP contribution in [-0.2, 0) is 19.4 Å². The average Bonchev–Trinajstić information content (AvgIpc) is 2.68. The maximum Gasteiger partial charge on any atom is 0.228 e. The van der Waals surface area contributed by atoms with E-state index in [1.54, 1.807) is 11.0 Å². The molecule has 1 aromatic rings. The van der Waals surface area contributed by atoms with Gasteiger partial charge in [-0.1, -0.05) is 17.8 Å². The lowest BCUT2D eigenvalue weighted by atomic mass is 10.2. The van der Waals surface area contributed by atoms with E-state index in [-0.39, 0.29) is 21.2 Å². The minimum Gasteiger partial charge on any atom is -0.311 e. The molecule has 0 aliphatic carbocycles. The number of rotatable bonds is 3. The first-order chi connectivity index (χ1) is 9.68. The van der Waals surface area contributed by atoms with Gasteiger partial charge in [0.15, 0.2) is 15.0 Å². The molecule has 0 saturated carbocycles. The normalized spacial score (nSPS) is 19.1. The Kier molecular flexibility index (Phi) is 4.43. The monoisotopic (exact) mass is 327 g/mol. The van der Waals surface area contributed by atoms with E-state index in [1.165, 1.54) is 19.1 Å². The van der Waals surface area contributed by atoms with E-state index in [0.717, 1.165) is 23.6 Å². The van der Waals surface area contributed by atoms with E-state index >= 15 is 0 Å². The highest BCUT2D eigenvalue weighted by molar-refractivity contribution is 8.14. The van der Waals surface area contributed by atoms with E-state index in [1.807, 2.05) is 6.92 Å². The minimum atomic E-state index is -3.32. The SMILES string of the molecule is CC(=O)SC1CC(=O)N(c2cc(S(C)(=O)=O)ccc2C)C1. The molecule has 1 heterocycles. The third kappa shape index (κ3) is 3.65. The number of thioether (sulfide) groups is 1. The van der Waals surface area contributed by atoms with Crippen molar-refractivity contribution in [3.63, 3.8) is 0 Å². The second kappa shape index (κ2) is 5.81. The van der Waals surface area contributed by atoms with Crippen LogP contribution < -0.4 is 4.90 Å². The summed E-state index contributed by atoms with van der Waals surface area (Å²) in [5.41, 5.74) is 1.44. The van der Waals surface area contributed by atoms with E-state index in [2.05, 4.69) is 0 Å². The van der Waals surface area contributed by atoms with Crippen molar-refractivity contribution < 1.29 is 18.0 Å². The second-order valence-electron chi connectivity index (χ2n) is 5.16. The standard InChI is InChI=1S/C14H17NO4S2/c1-9-4-5-12(21(3,18)19)7-13(9)15-8-11(6-14(15)17)20-10(2)16/h4-5,7,11H,6,8H2,1-3H3. The Labute approximate surface area is 128 Å². The van der Waals surface area contributed by atoms with Crippen molar-refractivity contribution in [1.82, 2.24) is 0 Å². The van der Waals surface area contributed by atoms with E-state index in [9.17, 15) is 18.0 Å². The van der Waals surface area contributed by atoms with E-state index in [0.29, 0.717) is 18.7 Å². The maximum absolute atomic E-state index is 12.1. The molecule has 0 spiro atoms. The summed E-state index contributed by atoms with van der Waals surface area (Å²) in [6, 6.07) is 4.77. The summed E-state index contributed by atoms with van der Waals surface area (Å²) in [5.74, 6) is -0.0810. The summed E-state index contributed by atoms with van der Waals surface area (Å²) >= 11 is 1.16. The number of carbonyl (C=O) groups is 2. The van der Waals surface area contributed by atoms with Gasteiger partial charge in [-0.25, -0.2) is 8.42 Å². The molecule has 114 valence electrons. The van der Waals surface area contributed by atoms with Crippen LogP contribution in [0, 0.1) is 6.92 Å². The van der Waals surface area contributed by atoms with Crippen LogP contribution in [0.15, 0.2) is 23.1 Å². The highest BCUT2D eigenvalue weighted by Crippen LogP contribution is 2.32. The molecular weight excluding hydrogens is 310 g/mol. The Morgan fingerprint density at radius 2 is 2.05 bits per heavy atom. The molecule has 1 saturated heterocycles. The molecule has 2 rings (SSSR count). The van der Waals surface area contributed by atoms with Crippen molar-refractivity contribution in [3.8, 4) is 0 Å². The molecule has 0 N–H and O–H groups in total. The quantitative estimate of drug-likeness (QED) is 0.846. The minimum absolute atomic E-state index is 0.0174. The molecule has 0 aromatic heterocycles. The van der Waals surface area contributed by atoms with Gasteiger partial charge < -0.3 is 4.90 Å². The first-order valence-corrected chi connectivity index (χ1v) is 9.24. The molecule has 0 bridgehead atoms. The second-order valence-corrected chi connectivity index (χ2v) is 8.65. The van der Waals surface area contributed by atoms with Gasteiger partial charge in [-0.3, -0.25) is 9.59 Å². The smallest absolute Gasteiger partial charge is 0.228 e. The summed E-state index contributed by atoms with van der Waals surface area (Å²) in [7, 11) is -3.32. The van der Waals surface area contributed by atoms with Gasteiger partial charge in [-0.2, -0.15) is 0 Å². The molecule has 1 unspecified atom stereocenters. The maximum atomic E-state index is 12.1. The molecule has 1 atom stereocenters. The topological polar surface area (TPSA) is 71.5 Å². The molecule has 7 heteroatoms. The molecule has 1 aliphatic heterocycles. The van der Waals surface area contributed by atoms with Crippen LogP contribution in [0.5, 0.6) is 0 Å². The van der Waals surface area contributed by atoms with Crippen molar-refractivity contribution in [2.45, 2.75) is 30.4 Å². The van der Waals surface area contributed by atoms with Crippen LogP contribution in [0.1, 0.15) is 18.9 Å². The van der Waals surface area contributed by atoms with Crippen LogP contribution >= 0.6 is 11.8 Å².